The van der Waals surface area contributed by atoms with E-state index in [2.05, 4.69) is 0 Å². The SMILES string of the molecule is CC(=O)N1CC(C(=O)N2CC[C@@H](N(C)C(=O)c3ccc(Cl)cc3)[C@H](c3ccc(Cl)c(Cl)c3)C2)C1. The molecule has 9 heteroatoms. The minimum atomic E-state index is -0.177. The van der Waals surface area contributed by atoms with Gasteiger partial charge in [0.05, 0.1) is 16.0 Å². The van der Waals surface area contributed by atoms with E-state index in [0.717, 1.165) is 5.56 Å². The molecular formula is C25H26Cl3N3O3. The van der Waals surface area contributed by atoms with Crippen molar-refractivity contribution in [1.82, 2.24) is 14.7 Å². The zero-order valence-electron chi connectivity index (χ0n) is 19.0. The first-order chi connectivity index (χ1) is 16.2. The molecule has 0 bridgehead atoms. The lowest BCUT2D eigenvalue weighted by Crippen LogP contribution is -2.59. The van der Waals surface area contributed by atoms with Crippen molar-refractivity contribution in [3.8, 4) is 0 Å². The van der Waals surface area contributed by atoms with Gasteiger partial charge in [-0.3, -0.25) is 14.4 Å². The van der Waals surface area contributed by atoms with E-state index < -0.39 is 0 Å². The Balaban J connectivity index is 1.56. The Morgan fingerprint density at radius 1 is 0.912 bits per heavy atom. The van der Waals surface area contributed by atoms with Crippen LogP contribution < -0.4 is 0 Å². The molecule has 4 rings (SSSR count). The molecule has 2 aliphatic rings. The molecule has 6 nitrogen and oxygen atoms in total. The van der Waals surface area contributed by atoms with E-state index in [1.165, 1.54) is 6.92 Å². The number of likely N-dealkylation sites (N-methyl/N-ethyl adjacent to an activating group) is 1. The van der Waals surface area contributed by atoms with Gasteiger partial charge in [0.25, 0.3) is 5.91 Å². The molecule has 2 fully saturated rings. The maximum absolute atomic E-state index is 13.2. The summed E-state index contributed by atoms with van der Waals surface area (Å²) < 4.78 is 0. The Kier molecular flexibility index (Phi) is 7.41. The third kappa shape index (κ3) is 5.04. The lowest BCUT2D eigenvalue weighted by molar-refractivity contribution is -0.148. The number of carbonyl (C=O) groups is 3. The van der Waals surface area contributed by atoms with Gasteiger partial charge in [-0.25, -0.2) is 0 Å². The van der Waals surface area contributed by atoms with Crippen LogP contribution in [0, 0.1) is 5.92 Å². The minimum Gasteiger partial charge on any atom is -0.342 e. The van der Waals surface area contributed by atoms with Gasteiger partial charge in [0.15, 0.2) is 0 Å². The Bertz CT molecular complexity index is 1100. The standard InChI is InChI=1S/C25H26Cl3N3O3/c1-15(32)31-12-18(13-31)25(34)30-10-9-23(20(14-30)17-5-8-21(27)22(28)11-17)29(2)24(33)16-3-6-19(26)7-4-16/h3-8,11,18,20,23H,9-10,12-14H2,1-2H3/t20-,23+/m0/s1. The van der Waals surface area contributed by atoms with Crippen molar-refractivity contribution < 1.29 is 14.4 Å². The highest BCUT2D eigenvalue weighted by Gasteiger charge is 2.41. The fraction of sp³-hybridized carbons (Fsp3) is 0.400. The highest BCUT2D eigenvalue weighted by atomic mass is 35.5. The third-order valence-electron chi connectivity index (χ3n) is 6.84. The van der Waals surface area contributed by atoms with Crippen LogP contribution in [-0.2, 0) is 9.59 Å². The molecule has 0 aliphatic carbocycles. The molecule has 3 amide bonds. The van der Waals surface area contributed by atoms with Crippen molar-refractivity contribution in [2.24, 2.45) is 5.92 Å². The number of nitrogens with zero attached hydrogens (tertiary/aromatic N) is 3. The van der Waals surface area contributed by atoms with E-state index in [-0.39, 0.29) is 35.6 Å². The number of amides is 3. The molecule has 0 saturated carbocycles. The van der Waals surface area contributed by atoms with Gasteiger partial charge < -0.3 is 14.7 Å². The molecule has 0 N–H and O–H groups in total. The Morgan fingerprint density at radius 2 is 1.59 bits per heavy atom. The maximum Gasteiger partial charge on any atom is 0.253 e. The van der Waals surface area contributed by atoms with Crippen molar-refractivity contribution in [3.05, 3.63) is 68.7 Å². The monoisotopic (exact) mass is 521 g/mol. The summed E-state index contributed by atoms with van der Waals surface area (Å²) in [5, 5.41) is 1.46. The van der Waals surface area contributed by atoms with E-state index in [4.69, 9.17) is 34.8 Å². The molecule has 0 unspecified atom stereocenters. The highest BCUT2D eigenvalue weighted by molar-refractivity contribution is 6.42. The number of benzene rings is 2. The van der Waals surface area contributed by atoms with E-state index in [1.54, 1.807) is 47.2 Å². The smallest absolute Gasteiger partial charge is 0.253 e. The molecule has 2 aromatic rings. The Morgan fingerprint density at radius 3 is 2.21 bits per heavy atom. The first kappa shape index (κ1) is 24.8. The van der Waals surface area contributed by atoms with Gasteiger partial charge in [-0.2, -0.15) is 0 Å². The van der Waals surface area contributed by atoms with Gasteiger partial charge in [0.1, 0.15) is 0 Å². The summed E-state index contributed by atoms with van der Waals surface area (Å²) in [5.41, 5.74) is 1.48. The van der Waals surface area contributed by atoms with Crippen LogP contribution in [0.3, 0.4) is 0 Å². The van der Waals surface area contributed by atoms with E-state index in [0.29, 0.717) is 53.2 Å². The molecule has 0 radical (unpaired) electrons. The van der Waals surface area contributed by atoms with Crippen molar-refractivity contribution >= 4 is 52.5 Å². The molecular weight excluding hydrogens is 497 g/mol. The third-order valence-corrected chi connectivity index (χ3v) is 7.84. The van der Waals surface area contributed by atoms with Crippen LogP contribution in [-0.4, -0.2) is 71.7 Å². The fourth-order valence-electron chi connectivity index (χ4n) is 4.77. The molecule has 0 aromatic heterocycles. The van der Waals surface area contributed by atoms with Crippen molar-refractivity contribution in [2.75, 3.05) is 33.2 Å². The van der Waals surface area contributed by atoms with Crippen molar-refractivity contribution in [3.63, 3.8) is 0 Å². The molecule has 2 heterocycles. The normalized spacial score (nSPS) is 20.6. The summed E-state index contributed by atoms with van der Waals surface area (Å²) in [6.45, 7) is 3.42. The van der Waals surface area contributed by atoms with Gasteiger partial charge in [-0.15, -0.1) is 0 Å². The van der Waals surface area contributed by atoms with Crippen LogP contribution in [0.4, 0.5) is 0 Å². The lowest BCUT2D eigenvalue weighted by Gasteiger charge is -2.46. The van der Waals surface area contributed by atoms with Gasteiger partial charge in [-0.1, -0.05) is 40.9 Å². The topological polar surface area (TPSA) is 60.9 Å². The minimum absolute atomic E-state index is 0.0150. The van der Waals surface area contributed by atoms with Crippen LogP contribution in [0.15, 0.2) is 42.5 Å². The number of likely N-dealkylation sites (tertiary alicyclic amines) is 2. The van der Waals surface area contributed by atoms with Gasteiger partial charge in [0, 0.05) is 62.7 Å². The van der Waals surface area contributed by atoms with Gasteiger partial charge in [-0.05, 0) is 48.4 Å². The average molecular weight is 523 g/mol. The summed E-state index contributed by atoms with van der Waals surface area (Å²) in [4.78, 5) is 43.2. The number of rotatable bonds is 4. The van der Waals surface area contributed by atoms with Crippen molar-refractivity contribution in [2.45, 2.75) is 25.3 Å². The van der Waals surface area contributed by atoms with Crippen LogP contribution in [0.5, 0.6) is 0 Å². The van der Waals surface area contributed by atoms with E-state index in [1.807, 2.05) is 17.0 Å². The second-order valence-corrected chi connectivity index (χ2v) is 10.2. The fourth-order valence-corrected chi connectivity index (χ4v) is 5.20. The van der Waals surface area contributed by atoms with Crippen LogP contribution >= 0.6 is 34.8 Å². The number of piperidine rings is 1. The summed E-state index contributed by atoms with van der Waals surface area (Å²) in [5.74, 6) is -0.393. The molecule has 0 spiro atoms. The number of carbonyl (C=O) groups excluding carboxylic acids is 3. The molecule has 2 aromatic carbocycles. The number of halogens is 3. The zero-order chi connectivity index (χ0) is 24.6. The first-order valence-corrected chi connectivity index (χ1v) is 12.3. The Hall–Kier alpha value is -2.28. The Labute approximate surface area is 214 Å². The summed E-state index contributed by atoms with van der Waals surface area (Å²) in [7, 11) is 1.79. The molecule has 2 atom stereocenters. The van der Waals surface area contributed by atoms with Crippen LogP contribution in [0.1, 0.15) is 35.2 Å². The van der Waals surface area contributed by atoms with E-state index >= 15 is 0 Å². The van der Waals surface area contributed by atoms with Gasteiger partial charge in [0.2, 0.25) is 11.8 Å². The zero-order valence-corrected chi connectivity index (χ0v) is 21.3. The second-order valence-electron chi connectivity index (χ2n) is 8.96. The van der Waals surface area contributed by atoms with Gasteiger partial charge >= 0.3 is 0 Å². The summed E-state index contributed by atoms with van der Waals surface area (Å²) in [6.07, 6.45) is 0.621. The predicted octanol–water partition coefficient (Wildman–Crippen LogP) is 4.58. The number of hydrogen-bond acceptors (Lipinski definition) is 3. The van der Waals surface area contributed by atoms with Crippen LogP contribution in [0.2, 0.25) is 15.1 Å². The lowest BCUT2D eigenvalue weighted by atomic mass is 9.84. The van der Waals surface area contributed by atoms with Crippen molar-refractivity contribution in [1.29, 1.82) is 0 Å². The largest absolute Gasteiger partial charge is 0.342 e. The molecule has 180 valence electrons. The summed E-state index contributed by atoms with van der Waals surface area (Å²) in [6, 6.07) is 12.1. The predicted molar refractivity (Wildman–Crippen MR) is 133 cm³/mol. The van der Waals surface area contributed by atoms with E-state index in [9.17, 15) is 14.4 Å². The molecule has 2 saturated heterocycles. The summed E-state index contributed by atoms with van der Waals surface area (Å²) >= 11 is 18.4. The number of hydrogen-bond donors (Lipinski definition) is 0. The first-order valence-electron chi connectivity index (χ1n) is 11.2. The average Bonchev–Trinajstić information content (AvgIpc) is 2.78. The second kappa shape index (κ2) is 10.1. The molecule has 34 heavy (non-hydrogen) atoms. The molecule has 2 aliphatic heterocycles. The maximum atomic E-state index is 13.2. The highest BCUT2D eigenvalue weighted by Crippen LogP contribution is 2.35. The quantitative estimate of drug-likeness (QED) is 0.590. The van der Waals surface area contributed by atoms with Crippen LogP contribution in [0.25, 0.3) is 0 Å².